The molecule has 0 amide bonds. The molecule has 108 valence electrons. The number of esters is 1. The van der Waals surface area contributed by atoms with Crippen LogP contribution in [0.15, 0.2) is 73.3 Å². The fraction of sp³-hybridized carbons (Fsp3) is 0.111. The zero-order chi connectivity index (χ0) is 14.9. The van der Waals surface area contributed by atoms with E-state index < -0.39 is 0 Å². The zero-order valence-electron chi connectivity index (χ0n) is 11.8. The topological polar surface area (TPSA) is 44.1 Å². The van der Waals surface area contributed by atoms with Gasteiger partial charge >= 0.3 is 5.97 Å². The molecule has 2 atom stereocenters. The molecule has 2 aromatic carbocycles. The minimum absolute atomic E-state index is 0.112. The second-order valence-corrected chi connectivity index (χ2v) is 5.28. The first kappa shape index (κ1) is 12.8. The van der Waals surface area contributed by atoms with Crippen molar-refractivity contribution in [2.75, 3.05) is 0 Å². The van der Waals surface area contributed by atoms with Crippen LogP contribution in [0.2, 0.25) is 0 Å². The molecule has 0 unspecified atom stereocenters. The molecule has 0 N–H and O–H groups in total. The predicted octanol–water partition coefficient (Wildman–Crippen LogP) is 3.38. The van der Waals surface area contributed by atoms with Gasteiger partial charge < -0.3 is 9.30 Å². The Kier molecular flexibility index (Phi) is 3.00. The molecular weight excluding hydrogens is 276 g/mol. The molecule has 0 radical (unpaired) electrons. The maximum absolute atomic E-state index is 12.3. The Morgan fingerprint density at radius 3 is 2.55 bits per heavy atom. The molecular formula is C18H14N2O2. The third-order valence-corrected chi connectivity index (χ3v) is 3.99. The van der Waals surface area contributed by atoms with Crippen LogP contribution >= 0.6 is 0 Å². The highest BCUT2D eigenvalue weighted by Crippen LogP contribution is 2.41. The molecule has 1 aromatic heterocycles. The lowest BCUT2D eigenvalue weighted by Gasteiger charge is -2.34. The molecule has 0 bridgehead atoms. The molecule has 1 aliphatic rings. The van der Waals surface area contributed by atoms with Crippen LogP contribution in [0.5, 0.6) is 0 Å². The Balaban J connectivity index is 1.90. The summed E-state index contributed by atoms with van der Waals surface area (Å²) in [6.07, 6.45) is 5.03. The second-order valence-electron chi connectivity index (χ2n) is 5.28. The average molecular weight is 290 g/mol. The van der Waals surface area contributed by atoms with Crippen molar-refractivity contribution in [3.8, 4) is 0 Å². The number of hydrogen-bond acceptors (Lipinski definition) is 3. The normalized spacial score (nSPS) is 20.3. The SMILES string of the molecule is O=C1O[C@@H](c2ccccc2)[C@H](n2ccnc2)c2ccccc21. The third-order valence-electron chi connectivity index (χ3n) is 3.99. The van der Waals surface area contributed by atoms with Crippen molar-refractivity contribution in [1.29, 1.82) is 0 Å². The highest BCUT2D eigenvalue weighted by atomic mass is 16.5. The smallest absolute Gasteiger partial charge is 0.339 e. The maximum Gasteiger partial charge on any atom is 0.339 e. The molecule has 2 heterocycles. The van der Waals surface area contributed by atoms with Crippen LogP contribution in [-0.4, -0.2) is 15.5 Å². The molecule has 4 nitrogen and oxygen atoms in total. The molecule has 22 heavy (non-hydrogen) atoms. The lowest BCUT2D eigenvalue weighted by molar-refractivity contribution is 0.0133. The molecule has 0 aliphatic carbocycles. The number of fused-ring (bicyclic) bond motifs is 1. The van der Waals surface area contributed by atoms with Crippen molar-refractivity contribution in [2.45, 2.75) is 12.1 Å². The van der Waals surface area contributed by atoms with Crippen LogP contribution in [0, 0.1) is 0 Å². The van der Waals surface area contributed by atoms with Gasteiger partial charge in [-0.25, -0.2) is 9.78 Å². The van der Waals surface area contributed by atoms with Crippen LogP contribution < -0.4 is 0 Å². The predicted molar refractivity (Wildman–Crippen MR) is 81.4 cm³/mol. The van der Waals surface area contributed by atoms with E-state index in [4.69, 9.17) is 4.74 Å². The highest BCUT2D eigenvalue weighted by Gasteiger charge is 2.37. The number of rotatable bonds is 2. The molecule has 0 fully saturated rings. The fourth-order valence-corrected chi connectivity index (χ4v) is 2.99. The minimum Gasteiger partial charge on any atom is -0.451 e. The first-order chi connectivity index (χ1) is 10.8. The van der Waals surface area contributed by atoms with Crippen molar-refractivity contribution < 1.29 is 9.53 Å². The molecule has 3 aromatic rings. The monoisotopic (exact) mass is 290 g/mol. The number of benzene rings is 2. The number of carbonyl (C=O) groups is 1. The van der Waals surface area contributed by atoms with Gasteiger partial charge in [-0.3, -0.25) is 0 Å². The minimum atomic E-state index is -0.363. The Hall–Kier alpha value is -2.88. The van der Waals surface area contributed by atoms with E-state index in [1.165, 1.54) is 0 Å². The van der Waals surface area contributed by atoms with E-state index in [1.807, 2.05) is 65.4 Å². The summed E-state index contributed by atoms with van der Waals surface area (Å²) >= 11 is 0. The fourth-order valence-electron chi connectivity index (χ4n) is 2.99. The molecule has 1 aliphatic heterocycles. The first-order valence-corrected chi connectivity index (χ1v) is 7.17. The van der Waals surface area contributed by atoms with Gasteiger partial charge in [-0.1, -0.05) is 48.5 Å². The van der Waals surface area contributed by atoms with Crippen LogP contribution in [0.25, 0.3) is 0 Å². The quantitative estimate of drug-likeness (QED) is 0.680. The van der Waals surface area contributed by atoms with Gasteiger partial charge in [0, 0.05) is 12.4 Å². The Bertz CT molecular complexity index is 797. The van der Waals surface area contributed by atoms with Gasteiger partial charge in [0.05, 0.1) is 11.9 Å². The first-order valence-electron chi connectivity index (χ1n) is 7.17. The van der Waals surface area contributed by atoms with Gasteiger partial charge in [0.15, 0.2) is 6.10 Å². The number of nitrogens with zero attached hydrogens (tertiary/aromatic N) is 2. The van der Waals surface area contributed by atoms with Gasteiger partial charge in [0.1, 0.15) is 6.04 Å². The van der Waals surface area contributed by atoms with Crippen molar-refractivity contribution >= 4 is 5.97 Å². The summed E-state index contributed by atoms with van der Waals surface area (Å²) in [5, 5.41) is 0. The van der Waals surface area contributed by atoms with Gasteiger partial charge in [-0.15, -0.1) is 0 Å². The van der Waals surface area contributed by atoms with Crippen LogP contribution in [0.3, 0.4) is 0 Å². The van der Waals surface area contributed by atoms with Gasteiger partial charge in [-0.05, 0) is 17.2 Å². The summed E-state index contributed by atoms with van der Waals surface area (Å²) in [4.78, 5) is 16.5. The largest absolute Gasteiger partial charge is 0.451 e. The number of aromatic nitrogens is 2. The Morgan fingerprint density at radius 1 is 1.00 bits per heavy atom. The summed E-state index contributed by atoms with van der Waals surface area (Å²) in [6.45, 7) is 0. The number of carbonyl (C=O) groups excluding carboxylic acids is 1. The van der Waals surface area contributed by atoms with Crippen molar-refractivity contribution in [3.05, 3.63) is 90.0 Å². The lowest BCUT2D eigenvalue weighted by atomic mass is 9.89. The van der Waals surface area contributed by atoms with Crippen LogP contribution in [0.4, 0.5) is 0 Å². The van der Waals surface area contributed by atoms with Gasteiger partial charge in [0.25, 0.3) is 0 Å². The Labute approximate surface area is 128 Å². The van der Waals surface area contributed by atoms with E-state index in [-0.39, 0.29) is 18.1 Å². The van der Waals surface area contributed by atoms with E-state index in [0.29, 0.717) is 5.56 Å². The standard InChI is InChI=1S/C18H14N2O2/c21-18-15-9-5-4-8-14(15)16(20-11-10-19-12-20)17(22-18)13-6-2-1-3-7-13/h1-12,16-17H/t16-,17+/m1/s1. The number of cyclic esters (lactones) is 1. The van der Waals surface area contributed by atoms with Crippen molar-refractivity contribution in [3.63, 3.8) is 0 Å². The summed E-state index contributed by atoms with van der Waals surface area (Å²) in [5.41, 5.74) is 2.56. The number of ether oxygens (including phenoxy) is 1. The van der Waals surface area contributed by atoms with Gasteiger partial charge in [-0.2, -0.15) is 0 Å². The molecule has 0 saturated heterocycles. The van der Waals surface area contributed by atoms with Gasteiger partial charge in [0.2, 0.25) is 0 Å². The molecule has 0 spiro atoms. The van der Waals surface area contributed by atoms with E-state index in [9.17, 15) is 4.79 Å². The van der Waals surface area contributed by atoms with E-state index in [2.05, 4.69) is 4.98 Å². The number of imidazole rings is 1. The van der Waals surface area contributed by atoms with Crippen LogP contribution in [-0.2, 0) is 4.74 Å². The van der Waals surface area contributed by atoms with Crippen LogP contribution in [0.1, 0.15) is 33.6 Å². The summed E-state index contributed by atoms with van der Waals surface area (Å²) < 4.78 is 7.74. The van der Waals surface area contributed by atoms with E-state index in [0.717, 1.165) is 11.1 Å². The molecule has 4 heteroatoms. The summed E-state index contributed by atoms with van der Waals surface area (Å²) in [5.74, 6) is -0.277. The molecule has 0 saturated carbocycles. The average Bonchev–Trinajstić information content (AvgIpc) is 3.10. The molecule has 4 rings (SSSR count). The van der Waals surface area contributed by atoms with E-state index in [1.54, 1.807) is 12.5 Å². The van der Waals surface area contributed by atoms with E-state index >= 15 is 0 Å². The zero-order valence-corrected chi connectivity index (χ0v) is 11.8. The maximum atomic E-state index is 12.3. The summed E-state index contributed by atoms with van der Waals surface area (Å²) in [7, 11) is 0. The van der Waals surface area contributed by atoms with Crippen molar-refractivity contribution in [2.24, 2.45) is 0 Å². The third kappa shape index (κ3) is 2.00. The summed E-state index contributed by atoms with van der Waals surface area (Å²) in [6, 6.07) is 17.3. The van der Waals surface area contributed by atoms with Crippen molar-refractivity contribution in [1.82, 2.24) is 9.55 Å². The number of hydrogen-bond donors (Lipinski definition) is 0. The highest BCUT2D eigenvalue weighted by molar-refractivity contribution is 5.92. The lowest BCUT2D eigenvalue weighted by Crippen LogP contribution is -2.30. The second kappa shape index (κ2) is 5.15. The Morgan fingerprint density at radius 2 is 1.77 bits per heavy atom.